The first-order valence-electron chi connectivity index (χ1n) is 11.9. The Labute approximate surface area is 206 Å². The summed E-state index contributed by atoms with van der Waals surface area (Å²) in [6, 6.07) is 11.5. The Morgan fingerprint density at radius 3 is 2.40 bits per heavy atom. The van der Waals surface area contributed by atoms with Crippen molar-refractivity contribution >= 4 is 17.7 Å². The summed E-state index contributed by atoms with van der Waals surface area (Å²) in [6.07, 6.45) is 3.91. The van der Waals surface area contributed by atoms with Gasteiger partial charge in [0.2, 0.25) is 6.79 Å². The molecule has 0 radical (unpaired) electrons. The molecular weight excluding hydrogens is 450 g/mol. The number of esters is 2. The van der Waals surface area contributed by atoms with Crippen molar-refractivity contribution in [3.05, 3.63) is 53.9 Å². The van der Waals surface area contributed by atoms with Crippen LogP contribution in [0.2, 0.25) is 0 Å². The molecule has 0 aliphatic rings. The Bertz CT molecular complexity index is 977. The molecule has 2 aromatic rings. The van der Waals surface area contributed by atoms with Gasteiger partial charge in [0.1, 0.15) is 6.10 Å². The van der Waals surface area contributed by atoms with Gasteiger partial charge in [-0.25, -0.2) is 4.98 Å². The summed E-state index contributed by atoms with van der Waals surface area (Å²) in [7, 11) is 1.42. The topological polar surface area (TPSA) is 101 Å². The van der Waals surface area contributed by atoms with Gasteiger partial charge in [0.15, 0.2) is 23.0 Å². The molecule has 3 atom stereocenters. The van der Waals surface area contributed by atoms with Gasteiger partial charge in [-0.05, 0) is 18.9 Å². The van der Waals surface area contributed by atoms with Crippen molar-refractivity contribution in [3.8, 4) is 11.5 Å². The van der Waals surface area contributed by atoms with E-state index in [9.17, 15) is 14.4 Å². The molecule has 8 heteroatoms. The second kappa shape index (κ2) is 14.1. The Kier molecular flexibility index (Phi) is 11.2. The van der Waals surface area contributed by atoms with Gasteiger partial charge in [0.25, 0.3) is 0 Å². The van der Waals surface area contributed by atoms with Crippen molar-refractivity contribution in [2.75, 3.05) is 13.9 Å². The SMILES string of the molecule is CCCC[C@H](c1ccccc1)[C@H](C)OC(=O)[C@H](C)CC(=O)c1nccc(OC)c1OCOC(C)=O. The molecule has 2 rings (SSSR count). The average Bonchev–Trinajstić information content (AvgIpc) is 2.84. The molecule has 0 fully saturated rings. The third-order valence-corrected chi connectivity index (χ3v) is 5.68. The van der Waals surface area contributed by atoms with Crippen LogP contribution in [0.1, 0.15) is 75.3 Å². The van der Waals surface area contributed by atoms with Gasteiger partial charge in [-0.1, -0.05) is 57.0 Å². The number of rotatable bonds is 14. The highest BCUT2D eigenvalue weighted by atomic mass is 16.7. The number of Topliss-reactive ketones (excluding diaryl/α,β-unsaturated/α-hetero) is 1. The van der Waals surface area contributed by atoms with E-state index in [-0.39, 0.29) is 35.6 Å². The van der Waals surface area contributed by atoms with E-state index in [1.165, 1.54) is 26.3 Å². The smallest absolute Gasteiger partial charge is 0.309 e. The molecule has 0 saturated heterocycles. The minimum atomic E-state index is -0.693. The Balaban J connectivity index is 2.08. The highest BCUT2D eigenvalue weighted by Gasteiger charge is 2.28. The van der Waals surface area contributed by atoms with Crippen LogP contribution in [0.15, 0.2) is 42.6 Å². The van der Waals surface area contributed by atoms with Crippen LogP contribution in [0.4, 0.5) is 0 Å². The summed E-state index contributed by atoms with van der Waals surface area (Å²) >= 11 is 0. The molecular formula is C27H35NO7. The van der Waals surface area contributed by atoms with E-state index in [2.05, 4.69) is 11.9 Å². The van der Waals surface area contributed by atoms with Crippen molar-refractivity contribution in [2.45, 2.75) is 65.4 Å². The van der Waals surface area contributed by atoms with Crippen LogP contribution in [0.3, 0.4) is 0 Å². The Hall–Kier alpha value is -3.42. The number of nitrogens with zero attached hydrogens (tertiary/aromatic N) is 1. The number of methoxy groups -OCH3 is 1. The molecule has 8 nitrogen and oxygen atoms in total. The maximum atomic E-state index is 13.0. The van der Waals surface area contributed by atoms with E-state index in [0.29, 0.717) is 0 Å². The lowest BCUT2D eigenvalue weighted by atomic mass is 9.89. The zero-order chi connectivity index (χ0) is 25.8. The molecule has 1 aromatic heterocycles. The fourth-order valence-electron chi connectivity index (χ4n) is 3.74. The Morgan fingerprint density at radius 2 is 1.77 bits per heavy atom. The first kappa shape index (κ1) is 27.8. The van der Waals surface area contributed by atoms with E-state index in [0.717, 1.165) is 24.8 Å². The van der Waals surface area contributed by atoms with Crippen LogP contribution in [0, 0.1) is 5.92 Å². The van der Waals surface area contributed by atoms with Crippen molar-refractivity contribution in [3.63, 3.8) is 0 Å². The van der Waals surface area contributed by atoms with Crippen LogP contribution in [0.5, 0.6) is 11.5 Å². The van der Waals surface area contributed by atoms with Gasteiger partial charge in [0.05, 0.1) is 13.0 Å². The van der Waals surface area contributed by atoms with E-state index in [4.69, 9.17) is 18.9 Å². The average molecular weight is 486 g/mol. The summed E-state index contributed by atoms with van der Waals surface area (Å²) < 4.78 is 21.3. The molecule has 0 N–H and O–H groups in total. The van der Waals surface area contributed by atoms with E-state index in [1.807, 2.05) is 37.3 Å². The molecule has 190 valence electrons. The second-order valence-corrected chi connectivity index (χ2v) is 8.42. The minimum absolute atomic E-state index is 0.00527. The number of benzene rings is 1. The first-order chi connectivity index (χ1) is 16.8. The predicted octanol–water partition coefficient (Wildman–Crippen LogP) is 5.10. The number of carbonyl (C=O) groups excluding carboxylic acids is 3. The fourth-order valence-corrected chi connectivity index (χ4v) is 3.74. The van der Waals surface area contributed by atoms with Crippen LogP contribution >= 0.6 is 0 Å². The molecule has 0 saturated carbocycles. The van der Waals surface area contributed by atoms with Gasteiger partial charge >= 0.3 is 11.9 Å². The van der Waals surface area contributed by atoms with Gasteiger partial charge in [-0.3, -0.25) is 14.4 Å². The standard InChI is InChI=1S/C27H35NO7/c1-6-7-13-22(21-11-9-8-10-12-21)19(3)35-27(31)18(2)16-23(30)25-26(34-17-33-20(4)29)24(32-5)14-15-28-25/h8-12,14-15,18-19,22H,6-7,13,16-17H2,1-5H3/t18-,19+,22+/m1/s1. The number of aromatic nitrogens is 1. The molecule has 0 bridgehead atoms. The molecule has 0 aliphatic heterocycles. The normalized spacial score (nSPS) is 13.3. The van der Waals surface area contributed by atoms with Crippen molar-refractivity contribution in [2.24, 2.45) is 5.92 Å². The van der Waals surface area contributed by atoms with Crippen LogP contribution in [-0.4, -0.2) is 42.7 Å². The largest absolute Gasteiger partial charge is 0.493 e. The maximum Gasteiger partial charge on any atom is 0.309 e. The number of carbonyl (C=O) groups is 3. The van der Waals surface area contributed by atoms with E-state index < -0.39 is 30.4 Å². The zero-order valence-electron chi connectivity index (χ0n) is 21.1. The monoisotopic (exact) mass is 485 g/mol. The number of ether oxygens (including phenoxy) is 4. The van der Waals surface area contributed by atoms with Gasteiger partial charge in [-0.15, -0.1) is 0 Å². The lowest BCUT2D eigenvalue weighted by Gasteiger charge is -2.26. The number of unbranched alkanes of at least 4 members (excludes halogenated alkanes) is 1. The summed E-state index contributed by atoms with van der Waals surface area (Å²) in [5, 5.41) is 0. The number of hydrogen-bond donors (Lipinski definition) is 0. The number of ketones is 1. The van der Waals surface area contributed by atoms with Gasteiger partial charge in [-0.2, -0.15) is 0 Å². The maximum absolute atomic E-state index is 13.0. The first-order valence-corrected chi connectivity index (χ1v) is 11.9. The van der Waals surface area contributed by atoms with Crippen LogP contribution in [-0.2, 0) is 19.1 Å². The Morgan fingerprint density at radius 1 is 1.06 bits per heavy atom. The highest BCUT2D eigenvalue weighted by molar-refractivity contribution is 5.99. The molecule has 35 heavy (non-hydrogen) atoms. The van der Waals surface area contributed by atoms with Crippen LogP contribution in [0.25, 0.3) is 0 Å². The van der Waals surface area contributed by atoms with Crippen molar-refractivity contribution in [1.82, 2.24) is 4.98 Å². The molecule has 0 spiro atoms. The lowest BCUT2D eigenvalue weighted by Crippen LogP contribution is -2.27. The van der Waals surface area contributed by atoms with Gasteiger partial charge < -0.3 is 18.9 Å². The molecule has 1 heterocycles. The number of hydrogen-bond acceptors (Lipinski definition) is 8. The fraction of sp³-hybridized carbons (Fsp3) is 0.481. The lowest BCUT2D eigenvalue weighted by molar-refractivity contribution is -0.154. The summed E-state index contributed by atoms with van der Waals surface area (Å²) in [4.78, 5) is 41.0. The second-order valence-electron chi connectivity index (χ2n) is 8.42. The third-order valence-electron chi connectivity index (χ3n) is 5.68. The van der Waals surface area contributed by atoms with Gasteiger partial charge in [0, 0.05) is 31.5 Å². The molecule has 0 unspecified atom stereocenters. The molecule has 0 aliphatic carbocycles. The predicted molar refractivity (Wildman–Crippen MR) is 130 cm³/mol. The van der Waals surface area contributed by atoms with E-state index >= 15 is 0 Å². The zero-order valence-corrected chi connectivity index (χ0v) is 21.1. The van der Waals surface area contributed by atoms with Crippen molar-refractivity contribution < 1.29 is 33.3 Å². The third kappa shape index (κ3) is 8.38. The number of pyridine rings is 1. The van der Waals surface area contributed by atoms with Crippen molar-refractivity contribution in [1.29, 1.82) is 0 Å². The molecule has 0 amide bonds. The van der Waals surface area contributed by atoms with Crippen LogP contribution < -0.4 is 9.47 Å². The molecule has 1 aromatic carbocycles. The summed E-state index contributed by atoms with van der Waals surface area (Å²) in [5.41, 5.74) is 1.12. The quantitative estimate of drug-likeness (QED) is 0.207. The minimum Gasteiger partial charge on any atom is -0.493 e. The highest BCUT2D eigenvalue weighted by Crippen LogP contribution is 2.32. The summed E-state index contributed by atoms with van der Waals surface area (Å²) in [5.74, 6) is -1.69. The van der Waals surface area contributed by atoms with E-state index in [1.54, 1.807) is 6.92 Å². The summed E-state index contributed by atoms with van der Waals surface area (Å²) in [6.45, 7) is 6.52.